The molecule has 1 aromatic rings. The van der Waals surface area contributed by atoms with E-state index in [1.165, 1.54) is 6.07 Å². The average molecular weight is 357 g/mol. The molecular formula is C19H30ClFN2O. The third-order valence-electron chi connectivity index (χ3n) is 4.53. The van der Waals surface area contributed by atoms with Crippen molar-refractivity contribution in [3.63, 3.8) is 0 Å². The van der Waals surface area contributed by atoms with Crippen LogP contribution in [0.3, 0.4) is 0 Å². The molecule has 5 heteroatoms. The third kappa shape index (κ3) is 6.40. The zero-order valence-electron chi connectivity index (χ0n) is 14.8. The maximum Gasteiger partial charge on any atom is 0.223 e. The highest BCUT2D eigenvalue weighted by molar-refractivity contribution is 5.85. The molecule has 136 valence electrons. The van der Waals surface area contributed by atoms with E-state index in [1.54, 1.807) is 12.1 Å². The molecule has 1 amide bonds. The average Bonchev–Trinajstić information content (AvgIpc) is 2.53. The molecule has 3 nitrogen and oxygen atoms in total. The number of nitrogens with one attached hydrogen (secondary N) is 1. The van der Waals surface area contributed by atoms with Gasteiger partial charge in [-0.3, -0.25) is 4.79 Å². The first kappa shape index (κ1) is 20.9. The SMILES string of the molecule is CCCN(C(=O)CC(C)Cc1cccc(F)c1)C1CCNCC1.Cl. The number of carbonyl (C=O) groups excluding carboxylic acids is 1. The van der Waals surface area contributed by atoms with Gasteiger partial charge in [0.15, 0.2) is 0 Å². The van der Waals surface area contributed by atoms with Crippen molar-refractivity contribution in [2.24, 2.45) is 5.92 Å². The van der Waals surface area contributed by atoms with Crippen molar-refractivity contribution in [1.82, 2.24) is 10.2 Å². The zero-order valence-corrected chi connectivity index (χ0v) is 15.6. The van der Waals surface area contributed by atoms with E-state index in [4.69, 9.17) is 0 Å². The van der Waals surface area contributed by atoms with Crippen molar-refractivity contribution in [2.75, 3.05) is 19.6 Å². The van der Waals surface area contributed by atoms with Crippen molar-refractivity contribution < 1.29 is 9.18 Å². The van der Waals surface area contributed by atoms with Crippen LogP contribution < -0.4 is 5.32 Å². The molecule has 24 heavy (non-hydrogen) atoms. The first-order valence-corrected chi connectivity index (χ1v) is 8.84. The van der Waals surface area contributed by atoms with Crippen LogP contribution in [-0.4, -0.2) is 36.5 Å². The molecular weight excluding hydrogens is 327 g/mol. The van der Waals surface area contributed by atoms with Gasteiger partial charge in [0.25, 0.3) is 0 Å². The molecule has 0 radical (unpaired) electrons. The van der Waals surface area contributed by atoms with Gasteiger partial charge in [0.05, 0.1) is 0 Å². The van der Waals surface area contributed by atoms with E-state index in [-0.39, 0.29) is 30.0 Å². The maximum atomic E-state index is 13.3. The summed E-state index contributed by atoms with van der Waals surface area (Å²) in [5.74, 6) is 0.274. The number of nitrogens with zero attached hydrogens (tertiary/aromatic N) is 1. The Hall–Kier alpha value is -1.13. The second-order valence-electron chi connectivity index (χ2n) is 6.71. The number of amides is 1. The Kier molecular flexibility index (Phi) is 9.30. The van der Waals surface area contributed by atoms with Crippen LogP contribution in [0.1, 0.15) is 45.1 Å². The number of hydrogen-bond acceptors (Lipinski definition) is 2. The number of benzene rings is 1. The van der Waals surface area contributed by atoms with Crippen molar-refractivity contribution in [3.05, 3.63) is 35.6 Å². The molecule has 1 aliphatic rings. The lowest BCUT2D eigenvalue weighted by Gasteiger charge is -2.35. The molecule has 0 spiro atoms. The Bertz CT molecular complexity index is 506. The summed E-state index contributed by atoms with van der Waals surface area (Å²) in [5, 5.41) is 3.36. The quantitative estimate of drug-likeness (QED) is 0.805. The lowest BCUT2D eigenvalue weighted by molar-refractivity contribution is -0.135. The third-order valence-corrected chi connectivity index (χ3v) is 4.53. The number of hydrogen-bond donors (Lipinski definition) is 1. The lowest BCUT2D eigenvalue weighted by atomic mass is 9.96. The summed E-state index contributed by atoms with van der Waals surface area (Å²) in [6.45, 7) is 7.04. The number of piperidine rings is 1. The molecule has 1 aromatic carbocycles. The Morgan fingerprint density at radius 1 is 1.38 bits per heavy atom. The minimum Gasteiger partial charge on any atom is -0.340 e. The molecule has 0 aromatic heterocycles. The largest absolute Gasteiger partial charge is 0.340 e. The topological polar surface area (TPSA) is 32.3 Å². The summed E-state index contributed by atoms with van der Waals surface area (Å²) < 4.78 is 13.3. The molecule has 0 aliphatic carbocycles. The molecule has 1 N–H and O–H groups in total. The van der Waals surface area contributed by atoms with E-state index in [9.17, 15) is 9.18 Å². The molecule has 0 bridgehead atoms. The summed E-state index contributed by atoms with van der Waals surface area (Å²) in [6, 6.07) is 7.07. The predicted octanol–water partition coefficient (Wildman–Crippen LogP) is 3.81. The molecule has 1 unspecified atom stereocenters. The highest BCUT2D eigenvalue weighted by Gasteiger charge is 2.25. The Morgan fingerprint density at radius 2 is 2.08 bits per heavy atom. The molecule has 1 saturated heterocycles. The van der Waals surface area contributed by atoms with Gasteiger partial charge in [-0.25, -0.2) is 4.39 Å². The maximum absolute atomic E-state index is 13.3. The van der Waals surface area contributed by atoms with E-state index in [2.05, 4.69) is 24.1 Å². The summed E-state index contributed by atoms with van der Waals surface area (Å²) in [7, 11) is 0. The first-order chi connectivity index (χ1) is 11.1. The normalized spacial score (nSPS) is 16.3. The van der Waals surface area contributed by atoms with Gasteiger partial charge in [-0.2, -0.15) is 0 Å². The minimum atomic E-state index is -0.205. The van der Waals surface area contributed by atoms with Gasteiger partial charge in [-0.1, -0.05) is 26.0 Å². The Morgan fingerprint density at radius 3 is 2.71 bits per heavy atom. The van der Waals surface area contributed by atoms with Crippen LogP contribution in [0.5, 0.6) is 0 Å². The van der Waals surface area contributed by atoms with Crippen LogP contribution in [0.2, 0.25) is 0 Å². The van der Waals surface area contributed by atoms with E-state index < -0.39 is 0 Å². The monoisotopic (exact) mass is 356 g/mol. The van der Waals surface area contributed by atoms with Crippen molar-refractivity contribution in [2.45, 2.75) is 52.0 Å². The Labute approximate surface area is 151 Å². The van der Waals surface area contributed by atoms with Crippen LogP contribution >= 0.6 is 12.4 Å². The molecule has 1 aliphatic heterocycles. The smallest absolute Gasteiger partial charge is 0.223 e. The standard InChI is InChI=1S/C19H29FN2O.ClH/c1-3-11-22(18-7-9-21-10-8-18)19(23)13-15(2)12-16-5-4-6-17(20)14-16;/h4-6,14-15,18,21H,3,7-13H2,1-2H3;1H. The van der Waals surface area contributed by atoms with E-state index in [0.717, 1.165) is 50.9 Å². The number of carbonyl (C=O) groups is 1. The summed E-state index contributed by atoms with van der Waals surface area (Å²) in [4.78, 5) is 14.8. The van der Waals surface area contributed by atoms with E-state index in [0.29, 0.717) is 12.5 Å². The second-order valence-corrected chi connectivity index (χ2v) is 6.71. The number of rotatable bonds is 7. The fourth-order valence-electron chi connectivity index (χ4n) is 3.42. The van der Waals surface area contributed by atoms with Crippen molar-refractivity contribution >= 4 is 18.3 Å². The minimum absolute atomic E-state index is 0. The van der Waals surface area contributed by atoms with Gasteiger partial charge in [0.1, 0.15) is 5.82 Å². The number of halogens is 2. The van der Waals surface area contributed by atoms with Crippen LogP contribution in [-0.2, 0) is 11.2 Å². The van der Waals surface area contributed by atoms with Crippen molar-refractivity contribution in [3.8, 4) is 0 Å². The van der Waals surface area contributed by atoms with Gasteiger partial charge in [-0.05, 0) is 62.4 Å². The van der Waals surface area contributed by atoms with Crippen LogP contribution in [0.15, 0.2) is 24.3 Å². The van der Waals surface area contributed by atoms with Gasteiger partial charge in [0, 0.05) is 19.0 Å². The highest BCUT2D eigenvalue weighted by atomic mass is 35.5. The van der Waals surface area contributed by atoms with Crippen LogP contribution in [0.4, 0.5) is 4.39 Å². The molecule has 1 heterocycles. The molecule has 1 atom stereocenters. The van der Waals surface area contributed by atoms with Gasteiger partial charge in [0.2, 0.25) is 5.91 Å². The summed E-state index contributed by atoms with van der Waals surface area (Å²) in [5.41, 5.74) is 0.967. The Balaban J connectivity index is 0.00000288. The van der Waals surface area contributed by atoms with Crippen molar-refractivity contribution in [1.29, 1.82) is 0 Å². The fourth-order valence-corrected chi connectivity index (χ4v) is 3.42. The summed E-state index contributed by atoms with van der Waals surface area (Å²) in [6.07, 6.45) is 4.37. The predicted molar refractivity (Wildman–Crippen MR) is 99.0 cm³/mol. The second kappa shape index (κ2) is 10.7. The van der Waals surface area contributed by atoms with Gasteiger partial charge >= 0.3 is 0 Å². The summed E-state index contributed by atoms with van der Waals surface area (Å²) >= 11 is 0. The van der Waals surface area contributed by atoms with Crippen LogP contribution in [0.25, 0.3) is 0 Å². The fraction of sp³-hybridized carbons (Fsp3) is 0.632. The van der Waals surface area contributed by atoms with Gasteiger partial charge < -0.3 is 10.2 Å². The highest BCUT2D eigenvalue weighted by Crippen LogP contribution is 2.18. The lowest BCUT2D eigenvalue weighted by Crippen LogP contribution is -2.46. The molecule has 2 rings (SSSR count). The van der Waals surface area contributed by atoms with Crippen LogP contribution in [0, 0.1) is 11.7 Å². The van der Waals surface area contributed by atoms with E-state index in [1.807, 2.05) is 6.07 Å². The molecule has 1 fully saturated rings. The zero-order chi connectivity index (χ0) is 16.7. The van der Waals surface area contributed by atoms with E-state index >= 15 is 0 Å². The first-order valence-electron chi connectivity index (χ1n) is 8.84. The molecule has 0 saturated carbocycles. The van der Waals surface area contributed by atoms with Gasteiger partial charge in [-0.15, -0.1) is 12.4 Å².